The van der Waals surface area contributed by atoms with Crippen LogP contribution < -0.4 is 9.47 Å². The molecule has 6 N–H and O–H groups in total. The van der Waals surface area contributed by atoms with Gasteiger partial charge in [-0.2, -0.15) is 31.7 Å². The fraction of sp³-hybridized carbons (Fsp3) is 0.0857. The average molecular weight is 881 g/mol. The molecular formula is C35H28N8O14S3. The Morgan fingerprint density at radius 1 is 0.733 bits per heavy atom. The lowest BCUT2D eigenvalue weighted by Crippen LogP contribution is -2.02. The van der Waals surface area contributed by atoms with Crippen LogP contribution in [0.1, 0.15) is 16.1 Å². The fourth-order valence-corrected chi connectivity index (χ4v) is 7.01. The van der Waals surface area contributed by atoms with Gasteiger partial charge >= 0.3 is 5.97 Å². The SMILES string of the molecule is COc1cc(N=Nc2c(S(=O)(=O)O)cc3cc(-n4nc(C)c(N=Nc5ccc(S(=O)O)cc5)c4O)ccc3c2O)c(OC)cc1N=Nc1ccc(S(=O)(=O)O)cc1C(=O)O. The third kappa shape index (κ3) is 8.84. The van der Waals surface area contributed by atoms with E-state index in [4.69, 9.17) is 9.47 Å². The van der Waals surface area contributed by atoms with Gasteiger partial charge in [0, 0.05) is 17.5 Å². The Morgan fingerprint density at radius 2 is 1.33 bits per heavy atom. The standard InChI is InChI=1S/C35H28N8O14S3/c1-17-31(40-36-19-4-7-21(8-5-19)58(48)49)34(45)43(42-17)20-6-10-23-18(12-20)13-30(60(53,54)55)32(33(23)44)41-39-27-16-28(56-2)26(15-29(27)57-3)38-37-25-11-9-22(59(50,51)52)14-24(25)35(46)47/h4-16,44-45H,1-3H3,(H,46,47)(H,48,49)(H,50,51,52)(H,53,54,55). The van der Waals surface area contributed by atoms with E-state index in [0.717, 1.165) is 22.9 Å². The van der Waals surface area contributed by atoms with Crippen molar-refractivity contribution in [3.63, 3.8) is 0 Å². The number of hydrogen-bond donors (Lipinski definition) is 6. The number of methoxy groups -OCH3 is 2. The van der Waals surface area contributed by atoms with E-state index in [2.05, 4.69) is 35.8 Å². The van der Waals surface area contributed by atoms with Gasteiger partial charge in [0.15, 0.2) is 22.5 Å². The maximum Gasteiger partial charge on any atom is 0.338 e. The summed E-state index contributed by atoms with van der Waals surface area (Å²) in [5.41, 5.74) is -1.01. The molecule has 22 nitrogen and oxygen atoms in total. The van der Waals surface area contributed by atoms with Gasteiger partial charge in [0.25, 0.3) is 20.2 Å². The second-order valence-corrected chi connectivity index (χ2v) is 15.9. The number of nitrogens with zero attached hydrogens (tertiary/aromatic N) is 8. The van der Waals surface area contributed by atoms with Crippen molar-refractivity contribution >= 4 is 82.2 Å². The molecule has 60 heavy (non-hydrogen) atoms. The van der Waals surface area contributed by atoms with Crippen LogP contribution in [0.4, 0.5) is 34.1 Å². The number of aromatic hydroxyl groups is 2. The summed E-state index contributed by atoms with van der Waals surface area (Å²) < 4.78 is 100. The van der Waals surface area contributed by atoms with Gasteiger partial charge in [0.2, 0.25) is 5.88 Å². The maximum absolute atomic E-state index is 12.6. The molecule has 6 rings (SSSR count). The summed E-state index contributed by atoms with van der Waals surface area (Å²) in [7, 11) is -7.33. The van der Waals surface area contributed by atoms with Crippen LogP contribution in [0.2, 0.25) is 0 Å². The zero-order chi connectivity index (χ0) is 43.7. The van der Waals surface area contributed by atoms with Gasteiger partial charge in [0.05, 0.1) is 46.6 Å². The molecule has 310 valence electrons. The molecular weight excluding hydrogens is 853 g/mol. The number of aromatic carboxylic acids is 1. The van der Waals surface area contributed by atoms with E-state index in [0.29, 0.717) is 11.8 Å². The summed E-state index contributed by atoms with van der Waals surface area (Å²) >= 11 is -2.18. The lowest BCUT2D eigenvalue weighted by Gasteiger charge is -2.12. The van der Waals surface area contributed by atoms with Crippen LogP contribution in [-0.2, 0) is 31.3 Å². The molecule has 0 bridgehead atoms. The van der Waals surface area contributed by atoms with Crippen molar-refractivity contribution in [2.75, 3.05) is 14.2 Å². The first-order valence-electron chi connectivity index (χ1n) is 16.4. The number of ether oxygens (including phenoxy) is 2. The number of carbonyl (C=O) groups is 1. The summed E-state index contributed by atoms with van der Waals surface area (Å²) in [6, 6.07) is 15.9. The molecule has 1 unspecified atom stereocenters. The number of benzene rings is 5. The van der Waals surface area contributed by atoms with E-state index >= 15 is 0 Å². The third-order valence-electron chi connectivity index (χ3n) is 8.37. The smallest absolute Gasteiger partial charge is 0.338 e. The van der Waals surface area contributed by atoms with Crippen LogP contribution in [0.15, 0.2) is 124 Å². The largest absolute Gasteiger partial charge is 0.505 e. The molecule has 0 spiro atoms. The normalized spacial score (nSPS) is 12.8. The number of azo groups is 3. The second kappa shape index (κ2) is 16.7. The van der Waals surface area contributed by atoms with Crippen LogP contribution in [0.3, 0.4) is 0 Å². The first-order valence-corrected chi connectivity index (χ1v) is 20.4. The third-order valence-corrected chi connectivity index (χ3v) is 10.8. The molecule has 0 saturated heterocycles. The molecule has 0 aliphatic heterocycles. The van der Waals surface area contributed by atoms with Crippen LogP contribution in [0.5, 0.6) is 23.1 Å². The highest BCUT2D eigenvalue weighted by Gasteiger charge is 2.24. The number of hydrogen-bond acceptors (Lipinski definition) is 17. The highest BCUT2D eigenvalue weighted by molar-refractivity contribution is 7.86. The fourth-order valence-electron chi connectivity index (χ4n) is 5.47. The van der Waals surface area contributed by atoms with Gasteiger partial charge < -0.3 is 29.3 Å². The van der Waals surface area contributed by atoms with Gasteiger partial charge in [-0.25, -0.2) is 9.00 Å². The Kier molecular flexibility index (Phi) is 11.8. The molecule has 0 aliphatic carbocycles. The molecule has 0 radical (unpaired) electrons. The molecule has 5 aromatic carbocycles. The van der Waals surface area contributed by atoms with Crippen molar-refractivity contribution < 1.29 is 64.3 Å². The summed E-state index contributed by atoms with van der Waals surface area (Å²) in [6.07, 6.45) is 0. The molecule has 0 amide bonds. The highest BCUT2D eigenvalue weighted by atomic mass is 32.2. The maximum atomic E-state index is 12.6. The predicted octanol–water partition coefficient (Wildman–Crippen LogP) is 7.78. The molecule has 1 heterocycles. The Hall–Kier alpha value is -7.03. The van der Waals surface area contributed by atoms with E-state index in [1.165, 1.54) is 68.8 Å². The van der Waals surface area contributed by atoms with E-state index in [1.54, 1.807) is 6.92 Å². The average Bonchev–Trinajstić information content (AvgIpc) is 3.49. The number of aromatic nitrogens is 2. The number of carboxylic acids is 1. The van der Waals surface area contributed by atoms with Crippen molar-refractivity contribution in [2.45, 2.75) is 21.6 Å². The lowest BCUT2D eigenvalue weighted by atomic mass is 10.1. The molecule has 0 aliphatic rings. The van der Waals surface area contributed by atoms with Crippen molar-refractivity contribution in [3.05, 3.63) is 90.1 Å². The topological polar surface area (TPSA) is 334 Å². The molecule has 1 atom stereocenters. The number of phenols is 1. The van der Waals surface area contributed by atoms with Gasteiger partial charge in [-0.1, -0.05) is 0 Å². The van der Waals surface area contributed by atoms with Crippen LogP contribution in [0, 0.1) is 6.92 Å². The van der Waals surface area contributed by atoms with Crippen molar-refractivity contribution in [2.24, 2.45) is 30.7 Å². The van der Waals surface area contributed by atoms with Crippen LogP contribution in [-0.4, -0.2) is 80.0 Å². The predicted molar refractivity (Wildman–Crippen MR) is 210 cm³/mol. The summed E-state index contributed by atoms with van der Waals surface area (Å²) in [5.74, 6) is -2.83. The van der Waals surface area contributed by atoms with E-state index in [9.17, 15) is 54.8 Å². The Balaban J connectivity index is 1.35. The highest BCUT2D eigenvalue weighted by Crippen LogP contribution is 2.45. The minimum atomic E-state index is -5.09. The molecule has 0 saturated carbocycles. The van der Waals surface area contributed by atoms with Gasteiger partial charge in [0.1, 0.15) is 39.1 Å². The van der Waals surface area contributed by atoms with Crippen molar-refractivity contribution in [1.82, 2.24) is 9.78 Å². The number of fused-ring (bicyclic) bond motifs is 1. The number of rotatable bonds is 13. The second-order valence-electron chi connectivity index (χ2n) is 12.1. The minimum Gasteiger partial charge on any atom is -0.505 e. The quantitative estimate of drug-likeness (QED) is 0.0366. The van der Waals surface area contributed by atoms with Crippen molar-refractivity contribution in [3.8, 4) is 28.8 Å². The molecule has 25 heteroatoms. The minimum absolute atomic E-state index is 0.0225. The van der Waals surface area contributed by atoms with E-state index in [-0.39, 0.29) is 61.3 Å². The van der Waals surface area contributed by atoms with E-state index in [1.807, 2.05) is 0 Å². The zero-order valence-electron chi connectivity index (χ0n) is 30.8. The monoisotopic (exact) mass is 880 g/mol. The summed E-state index contributed by atoms with van der Waals surface area (Å²) in [6.45, 7) is 1.54. The number of aryl methyl sites for hydroxylation is 1. The number of phenolic OH excluding ortho intramolecular Hbond substituents is 1. The van der Waals surface area contributed by atoms with Gasteiger partial charge in [-0.15, -0.1) is 25.6 Å². The summed E-state index contributed by atoms with van der Waals surface area (Å²) in [4.78, 5) is 10.4. The molecule has 6 aromatic rings. The molecule has 1 aromatic heterocycles. The summed E-state index contributed by atoms with van der Waals surface area (Å²) in [5, 5.41) is 60.2. The molecule has 0 fully saturated rings. The zero-order valence-corrected chi connectivity index (χ0v) is 33.2. The van der Waals surface area contributed by atoms with E-state index < -0.39 is 70.0 Å². The number of carboxylic acid groups (broad SMARTS) is 1. The Bertz CT molecular complexity index is 3060. The first-order chi connectivity index (χ1) is 28.3. The van der Waals surface area contributed by atoms with Gasteiger partial charge in [-0.05, 0) is 79.0 Å². The van der Waals surface area contributed by atoms with Gasteiger partial charge in [-0.3, -0.25) is 9.11 Å². The van der Waals surface area contributed by atoms with Crippen LogP contribution >= 0.6 is 0 Å². The van der Waals surface area contributed by atoms with Crippen molar-refractivity contribution in [1.29, 1.82) is 0 Å². The lowest BCUT2D eigenvalue weighted by molar-refractivity contribution is 0.0697. The van der Waals surface area contributed by atoms with Crippen LogP contribution in [0.25, 0.3) is 16.5 Å². The Labute approximate surface area is 340 Å². The first kappa shape index (κ1) is 42.6. The Morgan fingerprint density at radius 3 is 1.90 bits per heavy atom.